The first-order chi connectivity index (χ1) is 13.0. The normalized spacial score (nSPS) is 11.7. The van der Waals surface area contributed by atoms with Gasteiger partial charge in [-0.3, -0.25) is 4.79 Å². The van der Waals surface area contributed by atoms with Crippen molar-refractivity contribution < 1.29 is 23.8 Å². The average molecular weight is 369 g/mol. The van der Waals surface area contributed by atoms with Crippen LogP contribution in [-0.2, 0) is 20.9 Å². The van der Waals surface area contributed by atoms with E-state index in [1.54, 1.807) is 38.5 Å². The van der Waals surface area contributed by atoms with Gasteiger partial charge in [0, 0.05) is 18.7 Å². The molecule has 0 unspecified atom stereocenters. The maximum atomic E-state index is 12.0. The predicted octanol–water partition coefficient (Wildman–Crippen LogP) is 2.97. The van der Waals surface area contributed by atoms with E-state index >= 15 is 0 Å². The molecule has 0 bridgehead atoms. The molecule has 0 radical (unpaired) electrons. The largest absolute Gasteiger partial charge is 0.497 e. The standard InChI is InChI=1S/C21H23NO5/c1-15(21(24)22-14-16-7-5-4-6-8-16)27-20(23)10-9-17-11-18(25-2)13-19(12-17)26-3/h4-13,15H,14H2,1-3H3,(H,22,24)/b10-9+/t15-/m0/s1. The monoisotopic (exact) mass is 369 g/mol. The van der Waals surface area contributed by atoms with Gasteiger partial charge in [0.05, 0.1) is 14.2 Å². The van der Waals surface area contributed by atoms with Crippen LogP contribution in [0, 0.1) is 0 Å². The minimum atomic E-state index is -0.897. The molecule has 27 heavy (non-hydrogen) atoms. The van der Waals surface area contributed by atoms with E-state index in [9.17, 15) is 9.59 Å². The number of rotatable bonds is 8. The van der Waals surface area contributed by atoms with Crippen LogP contribution < -0.4 is 14.8 Å². The highest BCUT2D eigenvalue weighted by Crippen LogP contribution is 2.23. The molecule has 6 nitrogen and oxygen atoms in total. The molecule has 2 aromatic carbocycles. The summed E-state index contributed by atoms with van der Waals surface area (Å²) in [5, 5.41) is 2.73. The summed E-state index contributed by atoms with van der Waals surface area (Å²) in [6.07, 6.45) is 1.93. The van der Waals surface area contributed by atoms with E-state index in [1.165, 1.54) is 13.0 Å². The Kier molecular flexibility index (Phi) is 7.43. The third-order valence-electron chi connectivity index (χ3n) is 3.76. The van der Waals surface area contributed by atoms with Crippen molar-refractivity contribution in [3.8, 4) is 11.5 Å². The number of nitrogens with one attached hydrogen (secondary N) is 1. The highest BCUT2D eigenvalue weighted by Gasteiger charge is 2.16. The molecule has 2 rings (SSSR count). The van der Waals surface area contributed by atoms with Crippen molar-refractivity contribution in [2.24, 2.45) is 0 Å². The smallest absolute Gasteiger partial charge is 0.331 e. The van der Waals surface area contributed by atoms with Crippen LogP contribution in [0.4, 0.5) is 0 Å². The van der Waals surface area contributed by atoms with Gasteiger partial charge in [-0.2, -0.15) is 0 Å². The van der Waals surface area contributed by atoms with Gasteiger partial charge in [-0.15, -0.1) is 0 Å². The minimum Gasteiger partial charge on any atom is -0.497 e. The van der Waals surface area contributed by atoms with Crippen LogP contribution in [0.3, 0.4) is 0 Å². The molecule has 1 atom stereocenters. The van der Waals surface area contributed by atoms with E-state index < -0.39 is 12.1 Å². The number of methoxy groups -OCH3 is 2. The van der Waals surface area contributed by atoms with Gasteiger partial charge in [0.1, 0.15) is 11.5 Å². The number of hydrogen-bond donors (Lipinski definition) is 1. The molecule has 0 saturated carbocycles. The molecule has 0 heterocycles. The van der Waals surface area contributed by atoms with Crippen LogP contribution in [0.25, 0.3) is 6.08 Å². The zero-order chi connectivity index (χ0) is 19.6. The molecule has 0 aliphatic carbocycles. The Morgan fingerprint density at radius 1 is 1.04 bits per heavy atom. The maximum Gasteiger partial charge on any atom is 0.331 e. The van der Waals surface area contributed by atoms with Gasteiger partial charge in [0.15, 0.2) is 6.10 Å². The second-order valence-corrected chi connectivity index (χ2v) is 5.76. The predicted molar refractivity (Wildman–Crippen MR) is 102 cm³/mol. The summed E-state index contributed by atoms with van der Waals surface area (Å²) in [7, 11) is 3.10. The number of benzene rings is 2. The van der Waals surface area contributed by atoms with Crippen LogP contribution in [0.15, 0.2) is 54.6 Å². The third-order valence-corrected chi connectivity index (χ3v) is 3.76. The molecule has 1 N–H and O–H groups in total. The fourth-order valence-electron chi connectivity index (χ4n) is 2.29. The summed E-state index contributed by atoms with van der Waals surface area (Å²) in [6.45, 7) is 1.90. The lowest BCUT2D eigenvalue weighted by Gasteiger charge is -2.12. The average Bonchev–Trinajstić information content (AvgIpc) is 2.70. The first kappa shape index (κ1) is 20.0. The van der Waals surface area contributed by atoms with Crippen molar-refractivity contribution in [2.75, 3.05) is 14.2 Å². The molecule has 0 aliphatic rings. The Labute approximate surface area is 158 Å². The second kappa shape index (κ2) is 10.0. The minimum absolute atomic E-state index is 0.358. The zero-order valence-corrected chi connectivity index (χ0v) is 15.6. The summed E-state index contributed by atoms with van der Waals surface area (Å²) in [6, 6.07) is 14.7. The van der Waals surface area contributed by atoms with Gasteiger partial charge in [-0.1, -0.05) is 30.3 Å². The number of esters is 1. The number of amides is 1. The molecule has 6 heteroatoms. The van der Waals surface area contributed by atoms with E-state index in [1.807, 2.05) is 30.3 Å². The SMILES string of the molecule is COc1cc(/C=C/C(=O)O[C@@H](C)C(=O)NCc2ccccc2)cc(OC)c1. The van der Waals surface area contributed by atoms with Crippen molar-refractivity contribution in [1.82, 2.24) is 5.32 Å². The Hall–Kier alpha value is -3.28. The van der Waals surface area contributed by atoms with Crippen molar-refractivity contribution in [3.05, 3.63) is 65.7 Å². The zero-order valence-electron chi connectivity index (χ0n) is 15.6. The van der Waals surface area contributed by atoms with Crippen LogP contribution in [0.5, 0.6) is 11.5 Å². The Balaban J connectivity index is 1.88. The van der Waals surface area contributed by atoms with Gasteiger partial charge in [-0.25, -0.2) is 4.79 Å². The van der Waals surface area contributed by atoms with Crippen LogP contribution in [-0.4, -0.2) is 32.2 Å². The Morgan fingerprint density at radius 2 is 1.67 bits per heavy atom. The summed E-state index contributed by atoms with van der Waals surface area (Å²) in [5.41, 5.74) is 1.68. The fourth-order valence-corrected chi connectivity index (χ4v) is 2.29. The van der Waals surface area contributed by atoms with Gasteiger partial charge in [0.25, 0.3) is 5.91 Å². The first-order valence-electron chi connectivity index (χ1n) is 8.45. The highest BCUT2D eigenvalue weighted by molar-refractivity contribution is 5.90. The van der Waals surface area contributed by atoms with Gasteiger partial charge in [0.2, 0.25) is 0 Å². The van der Waals surface area contributed by atoms with Crippen molar-refractivity contribution in [1.29, 1.82) is 0 Å². The molecule has 0 aliphatic heterocycles. The lowest BCUT2D eigenvalue weighted by Crippen LogP contribution is -2.35. The van der Waals surface area contributed by atoms with Crippen LogP contribution in [0.2, 0.25) is 0 Å². The second-order valence-electron chi connectivity index (χ2n) is 5.76. The Bertz CT molecular complexity index is 779. The number of hydrogen-bond acceptors (Lipinski definition) is 5. The van der Waals surface area contributed by atoms with Crippen molar-refractivity contribution in [2.45, 2.75) is 19.6 Å². The fraction of sp³-hybridized carbons (Fsp3) is 0.238. The van der Waals surface area contributed by atoms with Crippen molar-refractivity contribution in [3.63, 3.8) is 0 Å². The first-order valence-corrected chi connectivity index (χ1v) is 8.45. The third kappa shape index (κ3) is 6.51. The highest BCUT2D eigenvalue weighted by atomic mass is 16.5. The topological polar surface area (TPSA) is 73.9 Å². The molecule has 1 amide bonds. The van der Waals surface area contributed by atoms with Gasteiger partial charge < -0.3 is 19.5 Å². The molecule has 0 aromatic heterocycles. The maximum absolute atomic E-state index is 12.0. The van der Waals surface area contributed by atoms with E-state index in [0.717, 1.165) is 5.56 Å². The molecule has 0 saturated heterocycles. The van der Waals surface area contributed by atoms with E-state index in [4.69, 9.17) is 14.2 Å². The number of carbonyl (C=O) groups excluding carboxylic acids is 2. The lowest BCUT2D eigenvalue weighted by molar-refractivity contribution is -0.150. The summed E-state index contributed by atoms with van der Waals surface area (Å²) < 4.78 is 15.5. The van der Waals surface area contributed by atoms with Crippen LogP contribution in [0.1, 0.15) is 18.1 Å². The molecular weight excluding hydrogens is 346 g/mol. The van der Waals surface area contributed by atoms with E-state index in [-0.39, 0.29) is 5.91 Å². The van der Waals surface area contributed by atoms with Gasteiger partial charge >= 0.3 is 5.97 Å². The Morgan fingerprint density at radius 3 is 2.26 bits per heavy atom. The van der Waals surface area contributed by atoms with Crippen molar-refractivity contribution >= 4 is 18.0 Å². The summed E-state index contributed by atoms with van der Waals surface area (Å²) >= 11 is 0. The molecule has 0 spiro atoms. The van der Waals surface area contributed by atoms with E-state index in [0.29, 0.717) is 23.6 Å². The number of ether oxygens (including phenoxy) is 3. The summed E-state index contributed by atoms with van der Waals surface area (Å²) in [5.74, 6) is 0.245. The van der Waals surface area contributed by atoms with Crippen LogP contribution >= 0.6 is 0 Å². The molecule has 0 fully saturated rings. The molecular formula is C21H23NO5. The molecule has 2 aromatic rings. The lowest BCUT2D eigenvalue weighted by atomic mass is 10.2. The summed E-state index contributed by atoms with van der Waals surface area (Å²) in [4.78, 5) is 24.0. The van der Waals surface area contributed by atoms with Gasteiger partial charge in [-0.05, 0) is 36.3 Å². The number of carbonyl (C=O) groups is 2. The quantitative estimate of drug-likeness (QED) is 0.572. The molecule has 142 valence electrons. The van der Waals surface area contributed by atoms with E-state index in [2.05, 4.69) is 5.32 Å².